The van der Waals surface area contributed by atoms with Gasteiger partial charge in [0.25, 0.3) is 5.91 Å². The summed E-state index contributed by atoms with van der Waals surface area (Å²) >= 11 is 3.41. The molecule has 0 saturated heterocycles. The predicted molar refractivity (Wildman–Crippen MR) is 75.5 cm³/mol. The van der Waals surface area contributed by atoms with Crippen LogP contribution in [-0.2, 0) is 0 Å². The van der Waals surface area contributed by atoms with Gasteiger partial charge in [-0.2, -0.15) is 0 Å². The second-order valence-electron chi connectivity index (χ2n) is 4.32. The summed E-state index contributed by atoms with van der Waals surface area (Å²) in [4.78, 5) is 11.8. The van der Waals surface area contributed by atoms with Gasteiger partial charge in [0.05, 0.1) is 5.56 Å². The SMILES string of the molecule is CCCC(CCBr)CNC(=O)c1ccccc1F. The van der Waals surface area contributed by atoms with E-state index in [4.69, 9.17) is 0 Å². The van der Waals surface area contributed by atoms with Gasteiger partial charge < -0.3 is 5.32 Å². The number of amides is 1. The number of rotatable bonds is 7. The first-order valence-electron chi connectivity index (χ1n) is 6.27. The fourth-order valence-electron chi connectivity index (χ4n) is 1.89. The highest BCUT2D eigenvalue weighted by atomic mass is 79.9. The molecule has 2 nitrogen and oxygen atoms in total. The molecule has 0 heterocycles. The lowest BCUT2D eigenvalue weighted by Gasteiger charge is -2.15. The Morgan fingerprint density at radius 3 is 2.72 bits per heavy atom. The minimum Gasteiger partial charge on any atom is -0.352 e. The number of nitrogens with one attached hydrogen (secondary N) is 1. The highest BCUT2D eigenvalue weighted by Crippen LogP contribution is 2.12. The summed E-state index contributed by atoms with van der Waals surface area (Å²) in [5.74, 6) is -0.351. The standard InChI is InChI=1S/C14H19BrFNO/c1-2-5-11(8-9-15)10-17-14(18)12-6-3-4-7-13(12)16/h3-4,6-7,11H,2,5,8-10H2,1H3,(H,17,18). The molecule has 1 atom stereocenters. The average molecular weight is 316 g/mol. The van der Waals surface area contributed by atoms with Crippen LogP contribution in [0.4, 0.5) is 4.39 Å². The zero-order valence-corrected chi connectivity index (χ0v) is 12.2. The van der Waals surface area contributed by atoms with Crippen molar-refractivity contribution in [2.75, 3.05) is 11.9 Å². The van der Waals surface area contributed by atoms with E-state index in [9.17, 15) is 9.18 Å². The van der Waals surface area contributed by atoms with E-state index in [1.54, 1.807) is 12.1 Å². The van der Waals surface area contributed by atoms with Crippen molar-refractivity contribution in [3.63, 3.8) is 0 Å². The zero-order chi connectivity index (χ0) is 13.4. The average Bonchev–Trinajstić information content (AvgIpc) is 2.36. The molecule has 0 aliphatic heterocycles. The summed E-state index contributed by atoms with van der Waals surface area (Å²) in [5.41, 5.74) is 0.117. The molecular weight excluding hydrogens is 297 g/mol. The molecule has 1 amide bonds. The second-order valence-corrected chi connectivity index (χ2v) is 5.12. The molecule has 1 aromatic carbocycles. The summed E-state index contributed by atoms with van der Waals surface area (Å²) < 4.78 is 13.4. The molecule has 0 fully saturated rings. The van der Waals surface area contributed by atoms with Gasteiger partial charge in [0.15, 0.2) is 0 Å². The van der Waals surface area contributed by atoms with E-state index in [1.165, 1.54) is 12.1 Å². The third-order valence-electron chi connectivity index (χ3n) is 2.88. The normalized spacial score (nSPS) is 12.2. The largest absolute Gasteiger partial charge is 0.352 e. The van der Waals surface area contributed by atoms with Crippen molar-refractivity contribution in [2.45, 2.75) is 26.2 Å². The summed E-state index contributed by atoms with van der Waals surface area (Å²) in [6.07, 6.45) is 3.18. The van der Waals surface area contributed by atoms with Gasteiger partial charge in [-0.15, -0.1) is 0 Å². The van der Waals surface area contributed by atoms with E-state index in [-0.39, 0.29) is 11.5 Å². The topological polar surface area (TPSA) is 29.1 Å². The van der Waals surface area contributed by atoms with Crippen molar-refractivity contribution in [1.29, 1.82) is 0 Å². The van der Waals surface area contributed by atoms with Crippen LogP contribution in [0.3, 0.4) is 0 Å². The van der Waals surface area contributed by atoms with Gasteiger partial charge in [-0.25, -0.2) is 4.39 Å². The number of benzene rings is 1. The fourth-order valence-corrected chi connectivity index (χ4v) is 2.54. The van der Waals surface area contributed by atoms with E-state index >= 15 is 0 Å². The van der Waals surface area contributed by atoms with E-state index in [1.807, 2.05) is 0 Å². The van der Waals surface area contributed by atoms with Gasteiger partial charge in [0, 0.05) is 11.9 Å². The maximum absolute atomic E-state index is 13.4. The number of hydrogen-bond acceptors (Lipinski definition) is 1. The Balaban J connectivity index is 2.52. The Labute approximate surface area is 116 Å². The molecule has 0 bridgehead atoms. The van der Waals surface area contributed by atoms with Crippen LogP contribution >= 0.6 is 15.9 Å². The molecule has 0 saturated carbocycles. The summed E-state index contributed by atoms with van der Waals surface area (Å²) in [7, 11) is 0. The Kier molecular flexibility index (Phi) is 6.94. The molecule has 0 aromatic heterocycles. The Hall–Kier alpha value is -0.900. The first-order chi connectivity index (χ1) is 8.69. The fraction of sp³-hybridized carbons (Fsp3) is 0.500. The maximum atomic E-state index is 13.4. The second kappa shape index (κ2) is 8.25. The van der Waals surface area contributed by atoms with E-state index in [0.717, 1.165) is 24.6 Å². The van der Waals surface area contributed by atoms with Crippen LogP contribution < -0.4 is 5.32 Å². The molecule has 1 rings (SSSR count). The van der Waals surface area contributed by atoms with E-state index < -0.39 is 5.82 Å². The maximum Gasteiger partial charge on any atom is 0.254 e. The molecule has 4 heteroatoms. The highest BCUT2D eigenvalue weighted by Gasteiger charge is 2.13. The highest BCUT2D eigenvalue weighted by molar-refractivity contribution is 9.09. The van der Waals surface area contributed by atoms with Crippen molar-refractivity contribution in [3.05, 3.63) is 35.6 Å². The molecule has 1 N–H and O–H groups in total. The Bertz CT molecular complexity index is 378. The first-order valence-corrected chi connectivity index (χ1v) is 7.39. The van der Waals surface area contributed by atoms with Crippen LogP contribution in [0.25, 0.3) is 0 Å². The van der Waals surface area contributed by atoms with Gasteiger partial charge in [0.2, 0.25) is 0 Å². The summed E-state index contributed by atoms with van der Waals surface area (Å²) in [6.45, 7) is 2.73. The molecule has 0 aliphatic rings. The molecule has 1 aromatic rings. The minimum absolute atomic E-state index is 0.117. The van der Waals surface area contributed by atoms with Crippen LogP contribution in [0, 0.1) is 11.7 Å². The Morgan fingerprint density at radius 1 is 1.39 bits per heavy atom. The van der Waals surface area contributed by atoms with Crippen LogP contribution in [-0.4, -0.2) is 17.8 Å². The van der Waals surface area contributed by atoms with Crippen molar-refractivity contribution in [2.24, 2.45) is 5.92 Å². The van der Waals surface area contributed by atoms with E-state index in [0.29, 0.717) is 12.5 Å². The number of halogens is 2. The first kappa shape index (κ1) is 15.2. The number of hydrogen-bond donors (Lipinski definition) is 1. The summed E-state index contributed by atoms with van der Waals surface area (Å²) in [5, 5.41) is 3.73. The summed E-state index contributed by atoms with van der Waals surface area (Å²) in [6, 6.07) is 6.05. The van der Waals surface area contributed by atoms with Crippen molar-refractivity contribution < 1.29 is 9.18 Å². The van der Waals surface area contributed by atoms with Crippen LogP contribution in [0.5, 0.6) is 0 Å². The van der Waals surface area contributed by atoms with E-state index in [2.05, 4.69) is 28.2 Å². The van der Waals surface area contributed by atoms with Gasteiger partial charge in [-0.1, -0.05) is 41.4 Å². The van der Waals surface area contributed by atoms with Crippen LogP contribution in [0.2, 0.25) is 0 Å². The Morgan fingerprint density at radius 2 is 2.11 bits per heavy atom. The third-order valence-corrected chi connectivity index (χ3v) is 3.34. The molecule has 0 spiro atoms. The smallest absolute Gasteiger partial charge is 0.254 e. The van der Waals surface area contributed by atoms with Gasteiger partial charge >= 0.3 is 0 Å². The van der Waals surface area contributed by atoms with Crippen molar-refractivity contribution in [3.8, 4) is 0 Å². The van der Waals surface area contributed by atoms with Crippen LogP contribution in [0.1, 0.15) is 36.5 Å². The number of carbonyl (C=O) groups is 1. The third kappa shape index (κ3) is 4.77. The van der Waals surface area contributed by atoms with Crippen molar-refractivity contribution in [1.82, 2.24) is 5.32 Å². The molecule has 1 unspecified atom stereocenters. The lowest BCUT2D eigenvalue weighted by Crippen LogP contribution is -2.30. The van der Waals surface area contributed by atoms with Gasteiger partial charge in [-0.05, 0) is 30.9 Å². The van der Waals surface area contributed by atoms with Crippen molar-refractivity contribution >= 4 is 21.8 Å². The lowest BCUT2D eigenvalue weighted by atomic mass is 10.0. The number of carbonyl (C=O) groups excluding carboxylic acids is 1. The predicted octanol–water partition coefficient (Wildman–Crippen LogP) is 3.76. The van der Waals surface area contributed by atoms with Crippen LogP contribution in [0.15, 0.2) is 24.3 Å². The van der Waals surface area contributed by atoms with Gasteiger partial charge in [0.1, 0.15) is 5.82 Å². The number of alkyl halides is 1. The molecule has 0 radical (unpaired) electrons. The quantitative estimate of drug-likeness (QED) is 0.763. The molecule has 100 valence electrons. The molecular formula is C14H19BrFNO. The monoisotopic (exact) mass is 315 g/mol. The van der Waals surface area contributed by atoms with Gasteiger partial charge in [-0.3, -0.25) is 4.79 Å². The minimum atomic E-state index is -0.470. The molecule has 0 aliphatic carbocycles. The lowest BCUT2D eigenvalue weighted by molar-refractivity contribution is 0.0942. The zero-order valence-electron chi connectivity index (χ0n) is 10.6. The molecule has 18 heavy (non-hydrogen) atoms.